The molecule has 0 aliphatic carbocycles. The monoisotopic (exact) mass is 260 g/mol. The molecule has 0 aromatic heterocycles. The highest BCUT2D eigenvalue weighted by Crippen LogP contribution is 2.34. The summed E-state index contributed by atoms with van der Waals surface area (Å²) >= 11 is 0. The SMILES string of the molecule is CC(C)(C)C1CCN(C(CN)Cc2ccccc2)C1. The van der Waals surface area contributed by atoms with Crippen molar-refractivity contribution < 1.29 is 0 Å². The zero-order valence-electron chi connectivity index (χ0n) is 12.6. The molecule has 1 aliphatic rings. The van der Waals surface area contributed by atoms with Gasteiger partial charge in [-0.3, -0.25) is 4.90 Å². The van der Waals surface area contributed by atoms with Gasteiger partial charge in [-0.05, 0) is 36.3 Å². The van der Waals surface area contributed by atoms with Gasteiger partial charge in [0.05, 0.1) is 0 Å². The van der Waals surface area contributed by atoms with Crippen molar-refractivity contribution in [2.75, 3.05) is 19.6 Å². The number of hydrogen-bond donors (Lipinski definition) is 1. The molecule has 2 rings (SSSR count). The Kier molecular flexibility index (Phi) is 4.64. The van der Waals surface area contributed by atoms with Crippen LogP contribution < -0.4 is 5.73 Å². The Bertz CT molecular complexity index is 380. The van der Waals surface area contributed by atoms with E-state index in [0.717, 1.165) is 18.9 Å². The van der Waals surface area contributed by atoms with E-state index in [9.17, 15) is 0 Å². The van der Waals surface area contributed by atoms with Crippen LogP contribution in [0.15, 0.2) is 30.3 Å². The second kappa shape index (κ2) is 6.06. The van der Waals surface area contributed by atoms with Crippen molar-refractivity contribution >= 4 is 0 Å². The average molecular weight is 260 g/mol. The molecule has 1 fully saturated rings. The van der Waals surface area contributed by atoms with Gasteiger partial charge in [0.2, 0.25) is 0 Å². The second-order valence-corrected chi connectivity index (χ2v) is 6.93. The molecule has 106 valence electrons. The number of nitrogens with zero attached hydrogens (tertiary/aromatic N) is 1. The summed E-state index contributed by atoms with van der Waals surface area (Å²) in [4.78, 5) is 2.60. The highest BCUT2D eigenvalue weighted by molar-refractivity contribution is 5.16. The lowest BCUT2D eigenvalue weighted by Crippen LogP contribution is -2.41. The van der Waals surface area contributed by atoms with Crippen LogP contribution in [0.5, 0.6) is 0 Å². The van der Waals surface area contributed by atoms with Crippen LogP contribution in [0.1, 0.15) is 32.8 Å². The molecule has 2 heteroatoms. The molecule has 1 aromatic carbocycles. The fourth-order valence-electron chi connectivity index (χ4n) is 3.07. The number of hydrogen-bond acceptors (Lipinski definition) is 2. The molecule has 1 heterocycles. The van der Waals surface area contributed by atoms with Crippen LogP contribution in [0.3, 0.4) is 0 Å². The standard InChI is InChI=1S/C17H28N2/c1-17(2,3)15-9-10-19(13-15)16(12-18)11-14-7-5-4-6-8-14/h4-8,15-16H,9-13,18H2,1-3H3. The van der Waals surface area contributed by atoms with Crippen molar-refractivity contribution in [1.29, 1.82) is 0 Å². The van der Waals surface area contributed by atoms with Gasteiger partial charge >= 0.3 is 0 Å². The molecule has 0 radical (unpaired) electrons. The summed E-state index contributed by atoms with van der Waals surface area (Å²) in [6.45, 7) is 10.2. The van der Waals surface area contributed by atoms with Crippen LogP contribution in [0.4, 0.5) is 0 Å². The van der Waals surface area contributed by atoms with Gasteiger partial charge < -0.3 is 5.73 Å². The predicted octanol–water partition coefficient (Wildman–Crippen LogP) is 2.92. The molecule has 1 aromatic rings. The normalized spacial score (nSPS) is 22.6. The van der Waals surface area contributed by atoms with Crippen molar-refractivity contribution in [3.8, 4) is 0 Å². The first-order valence-electron chi connectivity index (χ1n) is 7.48. The molecule has 19 heavy (non-hydrogen) atoms. The van der Waals surface area contributed by atoms with Gasteiger partial charge in [-0.1, -0.05) is 51.1 Å². The lowest BCUT2D eigenvalue weighted by Gasteiger charge is -2.30. The molecule has 1 aliphatic heterocycles. The van der Waals surface area contributed by atoms with Gasteiger partial charge in [0.1, 0.15) is 0 Å². The molecule has 0 saturated carbocycles. The maximum atomic E-state index is 6.01. The molecular formula is C17H28N2. The Morgan fingerprint density at radius 1 is 1.26 bits per heavy atom. The lowest BCUT2D eigenvalue weighted by molar-refractivity contribution is 0.196. The zero-order chi connectivity index (χ0) is 13.9. The van der Waals surface area contributed by atoms with Crippen molar-refractivity contribution in [3.63, 3.8) is 0 Å². The molecule has 2 N–H and O–H groups in total. The van der Waals surface area contributed by atoms with Crippen LogP contribution in [0.2, 0.25) is 0 Å². The average Bonchev–Trinajstić information content (AvgIpc) is 2.86. The third-order valence-corrected chi connectivity index (χ3v) is 4.55. The van der Waals surface area contributed by atoms with E-state index in [1.54, 1.807) is 0 Å². The Morgan fingerprint density at radius 3 is 2.47 bits per heavy atom. The Morgan fingerprint density at radius 2 is 1.95 bits per heavy atom. The summed E-state index contributed by atoms with van der Waals surface area (Å²) < 4.78 is 0. The lowest BCUT2D eigenvalue weighted by atomic mass is 9.80. The van der Waals surface area contributed by atoms with Crippen LogP contribution in [-0.4, -0.2) is 30.6 Å². The van der Waals surface area contributed by atoms with Crippen molar-refractivity contribution in [2.24, 2.45) is 17.1 Å². The van der Waals surface area contributed by atoms with E-state index in [4.69, 9.17) is 5.73 Å². The number of benzene rings is 1. The maximum Gasteiger partial charge on any atom is 0.0258 e. The molecule has 0 amide bonds. The summed E-state index contributed by atoms with van der Waals surface area (Å²) in [5.41, 5.74) is 7.83. The smallest absolute Gasteiger partial charge is 0.0258 e. The Hall–Kier alpha value is -0.860. The van der Waals surface area contributed by atoms with E-state index in [0.29, 0.717) is 11.5 Å². The molecular weight excluding hydrogens is 232 g/mol. The zero-order valence-corrected chi connectivity index (χ0v) is 12.6. The summed E-state index contributed by atoms with van der Waals surface area (Å²) in [6, 6.07) is 11.2. The molecule has 0 spiro atoms. The minimum Gasteiger partial charge on any atom is -0.329 e. The Labute approximate surface area is 118 Å². The molecule has 1 saturated heterocycles. The molecule has 2 atom stereocenters. The first-order valence-corrected chi connectivity index (χ1v) is 7.48. The van der Waals surface area contributed by atoms with E-state index in [1.807, 2.05) is 0 Å². The first kappa shape index (κ1) is 14.5. The van der Waals surface area contributed by atoms with Crippen molar-refractivity contribution in [3.05, 3.63) is 35.9 Å². The van der Waals surface area contributed by atoms with E-state index in [-0.39, 0.29) is 0 Å². The van der Waals surface area contributed by atoms with E-state index >= 15 is 0 Å². The third-order valence-electron chi connectivity index (χ3n) is 4.55. The quantitative estimate of drug-likeness (QED) is 0.902. The van der Waals surface area contributed by atoms with Crippen LogP contribution in [0.25, 0.3) is 0 Å². The largest absolute Gasteiger partial charge is 0.329 e. The van der Waals surface area contributed by atoms with Gasteiger partial charge in [0, 0.05) is 19.1 Å². The molecule has 2 unspecified atom stereocenters. The molecule has 0 bridgehead atoms. The fraction of sp³-hybridized carbons (Fsp3) is 0.647. The van der Waals surface area contributed by atoms with Gasteiger partial charge in [0.15, 0.2) is 0 Å². The van der Waals surface area contributed by atoms with E-state index < -0.39 is 0 Å². The summed E-state index contributed by atoms with van der Waals surface area (Å²) in [5, 5.41) is 0. The summed E-state index contributed by atoms with van der Waals surface area (Å²) in [5.74, 6) is 0.803. The highest BCUT2D eigenvalue weighted by Gasteiger charge is 2.34. The van der Waals surface area contributed by atoms with Crippen LogP contribution in [0, 0.1) is 11.3 Å². The molecule has 2 nitrogen and oxygen atoms in total. The van der Waals surface area contributed by atoms with Crippen molar-refractivity contribution in [2.45, 2.75) is 39.7 Å². The maximum absolute atomic E-state index is 6.01. The van der Waals surface area contributed by atoms with Gasteiger partial charge in [-0.25, -0.2) is 0 Å². The number of nitrogens with two attached hydrogens (primary N) is 1. The van der Waals surface area contributed by atoms with Gasteiger partial charge in [-0.15, -0.1) is 0 Å². The van der Waals surface area contributed by atoms with E-state index in [2.05, 4.69) is 56.0 Å². The summed E-state index contributed by atoms with van der Waals surface area (Å²) in [7, 11) is 0. The van der Waals surface area contributed by atoms with E-state index in [1.165, 1.54) is 25.1 Å². The summed E-state index contributed by atoms with van der Waals surface area (Å²) in [6.07, 6.45) is 2.39. The minimum atomic E-state index is 0.417. The second-order valence-electron chi connectivity index (χ2n) is 6.93. The third kappa shape index (κ3) is 3.80. The predicted molar refractivity (Wildman–Crippen MR) is 82.1 cm³/mol. The van der Waals surface area contributed by atoms with Gasteiger partial charge in [-0.2, -0.15) is 0 Å². The van der Waals surface area contributed by atoms with Crippen LogP contribution in [-0.2, 0) is 6.42 Å². The number of rotatable bonds is 4. The van der Waals surface area contributed by atoms with Crippen molar-refractivity contribution in [1.82, 2.24) is 4.90 Å². The number of likely N-dealkylation sites (tertiary alicyclic amines) is 1. The Balaban J connectivity index is 1.96. The van der Waals surface area contributed by atoms with Crippen LogP contribution >= 0.6 is 0 Å². The first-order chi connectivity index (χ1) is 9.00. The fourth-order valence-corrected chi connectivity index (χ4v) is 3.07. The highest BCUT2D eigenvalue weighted by atomic mass is 15.2. The minimum absolute atomic E-state index is 0.417. The van der Waals surface area contributed by atoms with Gasteiger partial charge in [0.25, 0.3) is 0 Å². The topological polar surface area (TPSA) is 29.3 Å².